The highest BCUT2D eigenvalue weighted by atomic mass is 16.3. The summed E-state index contributed by atoms with van der Waals surface area (Å²) in [5.41, 5.74) is 10.0. The van der Waals surface area contributed by atoms with E-state index in [1.165, 1.54) is 31.6 Å². The number of hydrogen-bond donors (Lipinski definition) is 5. The van der Waals surface area contributed by atoms with Gasteiger partial charge in [0.1, 0.15) is 5.69 Å². The number of aromatic nitrogens is 4. The number of pyridine rings is 1. The van der Waals surface area contributed by atoms with Crippen molar-refractivity contribution in [2.24, 2.45) is 11.7 Å². The fraction of sp³-hybridized carbons (Fsp3) is 0.455. The van der Waals surface area contributed by atoms with Gasteiger partial charge in [0.2, 0.25) is 0 Å². The van der Waals surface area contributed by atoms with Gasteiger partial charge in [-0.3, -0.25) is 14.7 Å². The predicted molar refractivity (Wildman–Crippen MR) is 177 cm³/mol. The van der Waals surface area contributed by atoms with E-state index in [2.05, 4.69) is 54.5 Å². The van der Waals surface area contributed by atoms with Gasteiger partial charge in [-0.1, -0.05) is 0 Å². The number of nitrogens with zero attached hydrogens (tertiary/aromatic N) is 6. The minimum atomic E-state index is -0.671. The number of aliphatic hydroxyl groups excluding tert-OH is 1. The number of amides is 1. The first-order chi connectivity index (χ1) is 21.9. The Morgan fingerprint density at radius 3 is 2.47 bits per heavy atom. The number of likely N-dealkylation sites (N-methyl/N-ethyl adjacent to an activating group) is 1. The molecule has 12 heteroatoms. The van der Waals surface area contributed by atoms with E-state index in [9.17, 15) is 9.90 Å². The molecular formula is C33H42N10O2. The molecular weight excluding hydrogens is 568 g/mol. The Morgan fingerprint density at radius 2 is 1.76 bits per heavy atom. The summed E-state index contributed by atoms with van der Waals surface area (Å²) in [6, 6.07) is 11.0. The van der Waals surface area contributed by atoms with Gasteiger partial charge in [0, 0.05) is 92.7 Å². The van der Waals surface area contributed by atoms with Crippen molar-refractivity contribution in [1.82, 2.24) is 29.7 Å². The Hall–Kier alpha value is -4.26. The Kier molecular flexibility index (Phi) is 8.26. The summed E-state index contributed by atoms with van der Waals surface area (Å²) in [7, 11) is 2.21. The molecule has 0 bridgehead atoms. The molecule has 1 aromatic carbocycles. The number of H-pyrrole nitrogens is 1. The zero-order valence-electron chi connectivity index (χ0n) is 25.7. The van der Waals surface area contributed by atoms with Crippen LogP contribution in [-0.4, -0.2) is 106 Å². The lowest BCUT2D eigenvalue weighted by atomic mass is 9.81. The number of piperazine rings is 1. The maximum Gasteiger partial charge on any atom is 0.271 e. The second kappa shape index (κ2) is 12.6. The summed E-state index contributed by atoms with van der Waals surface area (Å²) < 4.78 is 0. The van der Waals surface area contributed by atoms with Crippen molar-refractivity contribution < 1.29 is 9.90 Å². The highest BCUT2D eigenvalue weighted by molar-refractivity contribution is 6.00. The van der Waals surface area contributed by atoms with E-state index in [0.717, 1.165) is 61.2 Å². The lowest BCUT2D eigenvalue weighted by Gasteiger charge is -2.42. The SMILES string of the molecule is CN1CCN(C2CCN(c3ccc(Nc4nc(NC5CC(CO)C5)c(-c5cncc6[nH]ccc56)nc4C(N)=O)cc3)CC2)CC1. The van der Waals surface area contributed by atoms with Crippen LogP contribution < -0.4 is 21.3 Å². The maximum absolute atomic E-state index is 12.7. The number of hydrogen-bond acceptors (Lipinski definition) is 10. The maximum atomic E-state index is 12.7. The number of benzene rings is 1. The Labute approximate surface area is 263 Å². The molecule has 2 aliphatic heterocycles. The zero-order valence-corrected chi connectivity index (χ0v) is 25.7. The summed E-state index contributed by atoms with van der Waals surface area (Å²) >= 11 is 0. The highest BCUT2D eigenvalue weighted by Gasteiger charge is 2.31. The Bertz CT molecular complexity index is 1640. The van der Waals surface area contributed by atoms with E-state index in [-0.39, 0.29) is 24.3 Å². The van der Waals surface area contributed by atoms with Gasteiger partial charge < -0.3 is 36.3 Å². The molecule has 6 N–H and O–H groups in total. The molecule has 3 aromatic heterocycles. The molecule has 0 atom stereocenters. The van der Waals surface area contributed by atoms with Gasteiger partial charge >= 0.3 is 0 Å². The monoisotopic (exact) mass is 610 g/mol. The van der Waals surface area contributed by atoms with Crippen LogP contribution in [0.3, 0.4) is 0 Å². The number of fused-ring (bicyclic) bond motifs is 1. The van der Waals surface area contributed by atoms with Crippen LogP contribution in [0.15, 0.2) is 48.9 Å². The molecule has 1 aliphatic carbocycles. The molecule has 236 valence electrons. The van der Waals surface area contributed by atoms with Crippen molar-refractivity contribution in [2.45, 2.75) is 37.8 Å². The van der Waals surface area contributed by atoms with Gasteiger partial charge in [-0.15, -0.1) is 0 Å². The number of nitrogens with two attached hydrogens (primary N) is 1. The number of piperidine rings is 1. The smallest absolute Gasteiger partial charge is 0.271 e. The topological polar surface area (TPSA) is 152 Å². The van der Waals surface area contributed by atoms with Crippen LogP contribution in [0.5, 0.6) is 0 Å². The number of carbonyl (C=O) groups is 1. The first kappa shape index (κ1) is 29.5. The summed E-state index contributed by atoms with van der Waals surface area (Å²) in [4.78, 5) is 37.5. The van der Waals surface area contributed by atoms with Crippen LogP contribution in [0.4, 0.5) is 23.0 Å². The molecule has 0 unspecified atom stereocenters. The van der Waals surface area contributed by atoms with Gasteiger partial charge in [0.25, 0.3) is 5.91 Å². The van der Waals surface area contributed by atoms with Gasteiger partial charge in [-0.05, 0) is 69.0 Å². The lowest BCUT2D eigenvalue weighted by Crippen LogP contribution is -2.52. The quantitative estimate of drug-likeness (QED) is 0.191. The van der Waals surface area contributed by atoms with Gasteiger partial charge in [-0.2, -0.15) is 0 Å². The summed E-state index contributed by atoms with van der Waals surface area (Å²) in [5, 5.41) is 17.3. The van der Waals surface area contributed by atoms with E-state index in [1.807, 2.05) is 24.4 Å². The van der Waals surface area contributed by atoms with E-state index in [0.29, 0.717) is 23.4 Å². The molecule has 12 nitrogen and oxygen atoms in total. The van der Waals surface area contributed by atoms with Crippen molar-refractivity contribution in [3.63, 3.8) is 0 Å². The van der Waals surface area contributed by atoms with Crippen LogP contribution in [0.1, 0.15) is 36.2 Å². The Balaban J connectivity index is 1.11. The third-order valence-electron chi connectivity index (χ3n) is 9.71. The van der Waals surface area contributed by atoms with E-state index in [4.69, 9.17) is 15.7 Å². The van der Waals surface area contributed by atoms with E-state index in [1.54, 1.807) is 12.4 Å². The summed E-state index contributed by atoms with van der Waals surface area (Å²) in [5.74, 6) is 0.434. The van der Waals surface area contributed by atoms with Gasteiger partial charge in [0.05, 0.1) is 11.7 Å². The molecule has 4 aromatic rings. The first-order valence-corrected chi connectivity index (χ1v) is 16.0. The van der Waals surface area contributed by atoms with E-state index >= 15 is 0 Å². The van der Waals surface area contributed by atoms with Crippen LogP contribution in [0.25, 0.3) is 22.2 Å². The number of nitrogens with one attached hydrogen (secondary N) is 3. The van der Waals surface area contributed by atoms with Gasteiger partial charge in [0.15, 0.2) is 17.3 Å². The molecule has 1 amide bonds. The normalized spacial score (nSPS) is 21.5. The van der Waals surface area contributed by atoms with E-state index < -0.39 is 5.91 Å². The Morgan fingerprint density at radius 1 is 1.00 bits per heavy atom. The van der Waals surface area contributed by atoms with Crippen molar-refractivity contribution in [3.8, 4) is 11.3 Å². The fourth-order valence-electron chi connectivity index (χ4n) is 6.92. The predicted octanol–water partition coefficient (Wildman–Crippen LogP) is 3.26. The molecule has 2 saturated heterocycles. The third-order valence-corrected chi connectivity index (χ3v) is 9.71. The standard InChI is InChI=1S/C33H42N10O2/c1-41-12-14-43(15-13-41)25-7-10-42(11-8-25)24-4-2-22(3-5-24)37-33-30(31(34)45)39-29(27-18-35-19-28-26(27)6-9-36-28)32(40-33)38-23-16-21(17-23)20-44/h2-6,9,18-19,21,23,25,36,44H,7-8,10-17,20H2,1H3,(H2,34,45)(H2,37,38,40). The highest BCUT2D eigenvalue weighted by Crippen LogP contribution is 2.36. The molecule has 0 spiro atoms. The minimum Gasteiger partial charge on any atom is -0.396 e. The largest absolute Gasteiger partial charge is 0.396 e. The van der Waals surface area contributed by atoms with Crippen molar-refractivity contribution in [1.29, 1.82) is 0 Å². The number of rotatable bonds is 9. The van der Waals surface area contributed by atoms with Crippen LogP contribution in [0.2, 0.25) is 0 Å². The minimum absolute atomic E-state index is 0.0555. The lowest BCUT2D eigenvalue weighted by molar-refractivity contribution is 0.0982. The molecule has 1 saturated carbocycles. The fourth-order valence-corrected chi connectivity index (χ4v) is 6.92. The van der Waals surface area contributed by atoms with Crippen LogP contribution >= 0.6 is 0 Å². The number of aromatic amines is 1. The molecule has 45 heavy (non-hydrogen) atoms. The second-order valence-electron chi connectivity index (χ2n) is 12.7. The number of aliphatic hydroxyl groups is 1. The average Bonchev–Trinajstić information content (AvgIpc) is 3.53. The number of anilines is 4. The van der Waals surface area contributed by atoms with Crippen molar-refractivity contribution in [2.75, 3.05) is 68.5 Å². The summed E-state index contributed by atoms with van der Waals surface area (Å²) in [6.45, 7) is 6.89. The average molecular weight is 611 g/mol. The van der Waals surface area contributed by atoms with Gasteiger partial charge in [-0.25, -0.2) is 9.97 Å². The van der Waals surface area contributed by atoms with Crippen LogP contribution in [-0.2, 0) is 0 Å². The molecule has 7 rings (SSSR count). The van der Waals surface area contributed by atoms with Crippen molar-refractivity contribution >= 4 is 39.8 Å². The third kappa shape index (κ3) is 6.18. The molecule has 3 fully saturated rings. The number of carbonyl (C=O) groups excluding carboxylic acids is 1. The zero-order chi connectivity index (χ0) is 30.9. The first-order valence-electron chi connectivity index (χ1n) is 16.0. The van der Waals surface area contributed by atoms with Crippen molar-refractivity contribution in [3.05, 3.63) is 54.6 Å². The second-order valence-corrected chi connectivity index (χ2v) is 12.7. The molecule has 3 aliphatic rings. The molecule has 0 radical (unpaired) electrons. The molecule has 5 heterocycles. The number of primary amides is 1. The summed E-state index contributed by atoms with van der Waals surface area (Å²) in [6.07, 6.45) is 9.34. The van der Waals surface area contributed by atoms with Crippen LogP contribution in [0, 0.1) is 5.92 Å².